The number of likely N-dealkylation sites (tertiary alicyclic amines) is 1. The minimum atomic E-state index is -0.833. The number of hydrogen-bond acceptors (Lipinski definition) is 3. The van der Waals surface area contributed by atoms with Gasteiger partial charge in [-0.05, 0) is 30.7 Å². The molecule has 1 saturated heterocycles. The quantitative estimate of drug-likeness (QED) is 0.925. The predicted molar refractivity (Wildman–Crippen MR) is 75.2 cm³/mol. The van der Waals surface area contributed by atoms with Gasteiger partial charge in [-0.1, -0.05) is 0 Å². The number of carbonyl (C=O) groups is 2. The summed E-state index contributed by atoms with van der Waals surface area (Å²) in [6, 6.07) is 7.21. The first-order valence-corrected chi connectivity index (χ1v) is 6.75. The molecule has 1 amide bonds. The summed E-state index contributed by atoms with van der Waals surface area (Å²) >= 11 is 0. The van der Waals surface area contributed by atoms with Crippen LogP contribution in [0.4, 0.5) is 0 Å². The number of aromatic nitrogens is 2. The third-order valence-corrected chi connectivity index (χ3v) is 3.74. The first-order valence-electron chi connectivity index (χ1n) is 6.75. The maximum absolute atomic E-state index is 12.3. The number of carboxylic acid groups (broad SMARTS) is 1. The molecule has 2 aromatic rings. The summed E-state index contributed by atoms with van der Waals surface area (Å²) in [5.74, 6) is -1.39. The molecule has 0 aliphatic carbocycles. The highest BCUT2D eigenvalue weighted by molar-refractivity contribution is 5.95. The number of imidazole rings is 1. The summed E-state index contributed by atoms with van der Waals surface area (Å²) in [5, 5.41) is 8.98. The Kier molecular flexibility index (Phi) is 3.43. The lowest BCUT2D eigenvalue weighted by Gasteiger charge is -2.16. The molecule has 6 nitrogen and oxygen atoms in total. The lowest BCUT2D eigenvalue weighted by Crippen LogP contribution is -2.29. The molecule has 2 heterocycles. The second kappa shape index (κ2) is 5.40. The number of aliphatic carboxylic acids is 1. The van der Waals surface area contributed by atoms with Gasteiger partial charge in [-0.25, -0.2) is 4.98 Å². The summed E-state index contributed by atoms with van der Waals surface area (Å²) in [6.45, 7) is 0.788. The number of amides is 1. The first kappa shape index (κ1) is 13.4. The molecule has 0 bridgehead atoms. The fourth-order valence-electron chi connectivity index (χ4n) is 2.52. The molecule has 3 rings (SSSR count). The largest absolute Gasteiger partial charge is 0.481 e. The molecule has 1 aliphatic rings. The van der Waals surface area contributed by atoms with Crippen molar-refractivity contribution in [2.24, 2.45) is 5.92 Å². The van der Waals surface area contributed by atoms with Crippen LogP contribution in [0.25, 0.3) is 5.69 Å². The van der Waals surface area contributed by atoms with Crippen molar-refractivity contribution in [3.8, 4) is 5.69 Å². The van der Waals surface area contributed by atoms with E-state index in [9.17, 15) is 9.59 Å². The highest BCUT2D eigenvalue weighted by atomic mass is 16.4. The van der Waals surface area contributed by atoms with Gasteiger partial charge >= 0.3 is 5.97 Å². The standard InChI is InChI=1S/C15H15N3O3/c19-14(17-7-5-12(9-17)15(20)21)11-1-3-13(4-2-11)18-8-6-16-10-18/h1-4,6,8,10,12H,5,7,9H2,(H,20,21)/t12-/m0/s1. The average molecular weight is 285 g/mol. The van der Waals surface area contributed by atoms with Gasteiger partial charge in [0, 0.05) is 36.7 Å². The van der Waals surface area contributed by atoms with Crippen LogP contribution in [0.2, 0.25) is 0 Å². The normalized spacial score (nSPS) is 17.9. The van der Waals surface area contributed by atoms with Crippen molar-refractivity contribution in [3.63, 3.8) is 0 Å². The molecule has 6 heteroatoms. The first-order chi connectivity index (χ1) is 10.1. The molecule has 0 radical (unpaired) electrons. The zero-order valence-corrected chi connectivity index (χ0v) is 11.3. The second-order valence-corrected chi connectivity index (χ2v) is 5.09. The monoisotopic (exact) mass is 285 g/mol. The Morgan fingerprint density at radius 3 is 2.57 bits per heavy atom. The van der Waals surface area contributed by atoms with E-state index in [0.29, 0.717) is 18.5 Å². The number of benzene rings is 1. The number of carbonyl (C=O) groups excluding carboxylic acids is 1. The van der Waals surface area contributed by atoms with E-state index in [1.54, 1.807) is 29.6 Å². The van der Waals surface area contributed by atoms with Crippen molar-refractivity contribution in [1.29, 1.82) is 0 Å². The van der Waals surface area contributed by atoms with Gasteiger partial charge in [-0.3, -0.25) is 9.59 Å². The van der Waals surface area contributed by atoms with Crippen molar-refractivity contribution < 1.29 is 14.7 Å². The van der Waals surface area contributed by atoms with Gasteiger partial charge < -0.3 is 14.6 Å². The summed E-state index contributed by atoms with van der Waals surface area (Å²) in [6.07, 6.45) is 5.73. The van der Waals surface area contributed by atoms with E-state index in [2.05, 4.69) is 4.98 Å². The van der Waals surface area contributed by atoms with Crippen molar-refractivity contribution in [2.75, 3.05) is 13.1 Å². The summed E-state index contributed by atoms with van der Waals surface area (Å²) in [4.78, 5) is 28.8. The fourth-order valence-corrected chi connectivity index (χ4v) is 2.52. The Morgan fingerprint density at radius 1 is 1.24 bits per heavy atom. The van der Waals surface area contributed by atoms with Crippen LogP contribution < -0.4 is 0 Å². The van der Waals surface area contributed by atoms with Crippen LogP contribution >= 0.6 is 0 Å². The summed E-state index contributed by atoms with van der Waals surface area (Å²) < 4.78 is 1.85. The van der Waals surface area contributed by atoms with E-state index in [-0.39, 0.29) is 12.5 Å². The molecule has 1 aromatic carbocycles. The predicted octanol–water partition coefficient (Wildman–Crippen LogP) is 1.42. The third kappa shape index (κ3) is 2.65. The lowest BCUT2D eigenvalue weighted by atomic mass is 10.1. The van der Waals surface area contributed by atoms with Crippen molar-refractivity contribution in [1.82, 2.24) is 14.5 Å². The van der Waals surface area contributed by atoms with Gasteiger partial charge in [0.05, 0.1) is 12.2 Å². The van der Waals surface area contributed by atoms with Crippen molar-refractivity contribution in [3.05, 3.63) is 48.5 Å². The minimum absolute atomic E-state index is 0.115. The van der Waals surface area contributed by atoms with Crippen LogP contribution in [0.15, 0.2) is 43.0 Å². The Bertz CT molecular complexity index is 649. The van der Waals surface area contributed by atoms with E-state index < -0.39 is 11.9 Å². The molecule has 21 heavy (non-hydrogen) atoms. The zero-order valence-electron chi connectivity index (χ0n) is 11.3. The number of hydrogen-bond donors (Lipinski definition) is 1. The maximum Gasteiger partial charge on any atom is 0.308 e. The van der Waals surface area contributed by atoms with Crippen LogP contribution in [-0.4, -0.2) is 44.5 Å². The number of carboxylic acids is 1. The zero-order chi connectivity index (χ0) is 14.8. The molecule has 1 atom stereocenters. The molecule has 1 fully saturated rings. The molecule has 0 spiro atoms. The highest BCUT2D eigenvalue weighted by Crippen LogP contribution is 2.19. The van der Waals surface area contributed by atoms with Crippen LogP contribution in [0.1, 0.15) is 16.8 Å². The smallest absolute Gasteiger partial charge is 0.308 e. The van der Waals surface area contributed by atoms with Crippen LogP contribution in [0.3, 0.4) is 0 Å². The topological polar surface area (TPSA) is 75.4 Å². The molecule has 0 saturated carbocycles. The maximum atomic E-state index is 12.3. The molecule has 1 aliphatic heterocycles. The van der Waals surface area contributed by atoms with Crippen molar-refractivity contribution in [2.45, 2.75) is 6.42 Å². The van der Waals surface area contributed by atoms with Gasteiger partial charge in [0.25, 0.3) is 5.91 Å². The molecular weight excluding hydrogens is 270 g/mol. The van der Waals surface area contributed by atoms with E-state index in [1.807, 2.05) is 22.9 Å². The average Bonchev–Trinajstić information content (AvgIpc) is 3.18. The van der Waals surface area contributed by atoms with Gasteiger partial charge in [-0.2, -0.15) is 0 Å². The van der Waals surface area contributed by atoms with Gasteiger partial charge in [-0.15, -0.1) is 0 Å². The Morgan fingerprint density at radius 2 is 2.00 bits per heavy atom. The van der Waals surface area contributed by atoms with Gasteiger partial charge in [0.2, 0.25) is 0 Å². The van der Waals surface area contributed by atoms with E-state index >= 15 is 0 Å². The third-order valence-electron chi connectivity index (χ3n) is 3.74. The van der Waals surface area contributed by atoms with E-state index in [4.69, 9.17) is 5.11 Å². The van der Waals surface area contributed by atoms with Crippen LogP contribution in [0.5, 0.6) is 0 Å². The van der Waals surface area contributed by atoms with Gasteiger partial charge in [0.15, 0.2) is 0 Å². The summed E-state index contributed by atoms with van der Waals surface area (Å²) in [5.41, 5.74) is 1.50. The summed E-state index contributed by atoms with van der Waals surface area (Å²) in [7, 11) is 0. The number of nitrogens with zero attached hydrogens (tertiary/aromatic N) is 3. The van der Waals surface area contributed by atoms with Crippen LogP contribution in [0, 0.1) is 5.92 Å². The second-order valence-electron chi connectivity index (χ2n) is 5.09. The molecule has 108 valence electrons. The Labute approximate surface area is 121 Å². The Hall–Kier alpha value is -2.63. The Balaban J connectivity index is 1.72. The SMILES string of the molecule is O=C(O)[C@H]1CCN(C(=O)c2ccc(-n3ccnc3)cc2)C1. The molecular formula is C15H15N3O3. The van der Waals surface area contributed by atoms with Gasteiger partial charge in [0.1, 0.15) is 0 Å². The van der Waals surface area contributed by atoms with Crippen LogP contribution in [-0.2, 0) is 4.79 Å². The minimum Gasteiger partial charge on any atom is -0.481 e. The lowest BCUT2D eigenvalue weighted by molar-refractivity contribution is -0.141. The highest BCUT2D eigenvalue weighted by Gasteiger charge is 2.31. The van der Waals surface area contributed by atoms with E-state index in [1.165, 1.54) is 0 Å². The molecule has 1 aromatic heterocycles. The number of rotatable bonds is 3. The van der Waals surface area contributed by atoms with Crippen molar-refractivity contribution >= 4 is 11.9 Å². The van der Waals surface area contributed by atoms with E-state index in [0.717, 1.165) is 5.69 Å². The molecule has 1 N–H and O–H groups in total. The fraction of sp³-hybridized carbons (Fsp3) is 0.267. The molecule has 0 unspecified atom stereocenters.